The molecule has 0 aliphatic rings. The second kappa shape index (κ2) is 6.38. The lowest BCUT2D eigenvalue weighted by Gasteiger charge is -2.27. The van der Waals surface area contributed by atoms with E-state index >= 15 is 0 Å². The summed E-state index contributed by atoms with van der Waals surface area (Å²) in [7, 11) is 0. The summed E-state index contributed by atoms with van der Waals surface area (Å²) >= 11 is 1.84. The number of hydrogen-bond acceptors (Lipinski definition) is 3. The Morgan fingerprint density at radius 3 is 2.50 bits per heavy atom. The molecule has 1 rings (SSSR count). The molecule has 1 N–H and O–H groups in total. The first-order chi connectivity index (χ1) is 7.52. The normalized spacial score (nSPS) is 13.7. The van der Waals surface area contributed by atoms with E-state index in [4.69, 9.17) is 0 Å². The highest BCUT2D eigenvalue weighted by atomic mass is 32.1. The topological polar surface area (TPSA) is 23.5 Å². The van der Waals surface area contributed by atoms with Crippen molar-refractivity contribution >= 4 is 11.3 Å². The van der Waals surface area contributed by atoms with E-state index in [2.05, 4.69) is 37.8 Å². The van der Waals surface area contributed by atoms with Gasteiger partial charge in [0.05, 0.1) is 6.10 Å². The average molecular weight is 241 g/mol. The van der Waals surface area contributed by atoms with E-state index in [0.29, 0.717) is 6.04 Å². The van der Waals surface area contributed by atoms with Crippen molar-refractivity contribution in [2.75, 3.05) is 6.54 Å². The Morgan fingerprint density at radius 2 is 2.06 bits per heavy atom. The highest BCUT2D eigenvalue weighted by Crippen LogP contribution is 2.18. The lowest BCUT2D eigenvalue weighted by Crippen LogP contribution is -2.36. The summed E-state index contributed by atoms with van der Waals surface area (Å²) in [6, 6.07) is 4.83. The van der Waals surface area contributed by atoms with Crippen molar-refractivity contribution in [3.05, 3.63) is 21.9 Å². The molecule has 0 unspecified atom stereocenters. The standard InChI is InChI=1S/C13H23NOS/c1-5-12(15)8-14(10(2)3)9-13-7-6-11(4)16-13/h6-7,10,12,15H,5,8-9H2,1-4H3/t12-/m1/s1. The average Bonchev–Trinajstić information content (AvgIpc) is 2.62. The number of aliphatic hydroxyl groups excluding tert-OH is 1. The van der Waals surface area contributed by atoms with Gasteiger partial charge < -0.3 is 5.11 Å². The van der Waals surface area contributed by atoms with E-state index in [9.17, 15) is 5.11 Å². The van der Waals surface area contributed by atoms with Crippen molar-refractivity contribution in [1.29, 1.82) is 0 Å². The Labute approximate surface area is 103 Å². The summed E-state index contributed by atoms with van der Waals surface area (Å²) in [4.78, 5) is 5.07. The number of aliphatic hydroxyl groups is 1. The monoisotopic (exact) mass is 241 g/mol. The zero-order chi connectivity index (χ0) is 12.1. The van der Waals surface area contributed by atoms with E-state index in [-0.39, 0.29) is 6.10 Å². The van der Waals surface area contributed by atoms with E-state index in [1.165, 1.54) is 9.75 Å². The van der Waals surface area contributed by atoms with Crippen molar-refractivity contribution in [2.24, 2.45) is 0 Å². The summed E-state index contributed by atoms with van der Waals surface area (Å²) in [5.74, 6) is 0. The number of aryl methyl sites for hydroxylation is 1. The largest absolute Gasteiger partial charge is 0.392 e. The van der Waals surface area contributed by atoms with Gasteiger partial charge in [-0.25, -0.2) is 0 Å². The fourth-order valence-corrected chi connectivity index (χ4v) is 2.54. The van der Waals surface area contributed by atoms with E-state index in [1.807, 2.05) is 18.3 Å². The molecule has 3 heteroatoms. The van der Waals surface area contributed by atoms with Gasteiger partial charge in [-0.1, -0.05) is 6.92 Å². The van der Waals surface area contributed by atoms with Crippen LogP contribution in [0.5, 0.6) is 0 Å². The van der Waals surface area contributed by atoms with Crippen LogP contribution in [0.1, 0.15) is 36.9 Å². The van der Waals surface area contributed by atoms with Gasteiger partial charge in [-0.3, -0.25) is 4.90 Å². The van der Waals surface area contributed by atoms with Crippen LogP contribution in [0, 0.1) is 6.92 Å². The van der Waals surface area contributed by atoms with Crippen LogP contribution < -0.4 is 0 Å². The molecule has 2 nitrogen and oxygen atoms in total. The van der Waals surface area contributed by atoms with Gasteiger partial charge in [0.15, 0.2) is 0 Å². The maximum absolute atomic E-state index is 9.72. The van der Waals surface area contributed by atoms with Crippen LogP contribution in [0.25, 0.3) is 0 Å². The third-order valence-corrected chi connectivity index (χ3v) is 3.79. The highest BCUT2D eigenvalue weighted by Gasteiger charge is 2.14. The Bertz CT molecular complexity index is 309. The van der Waals surface area contributed by atoms with Crippen LogP contribution in [0.15, 0.2) is 12.1 Å². The molecular formula is C13H23NOS. The zero-order valence-corrected chi connectivity index (χ0v) is 11.5. The van der Waals surface area contributed by atoms with Crippen LogP contribution in [-0.4, -0.2) is 28.7 Å². The lowest BCUT2D eigenvalue weighted by atomic mass is 10.2. The predicted octanol–water partition coefficient (Wildman–Crippen LogP) is 3.04. The van der Waals surface area contributed by atoms with Crippen LogP contribution in [0.2, 0.25) is 0 Å². The maximum atomic E-state index is 9.72. The molecule has 92 valence electrons. The first-order valence-electron chi connectivity index (χ1n) is 6.00. The fraction of sp³-hybridized carbons (Fsp3) is 0.692. The number of hydrogen-bond donors (Lipinski definition) is 1. The molecule has 0 aliphatic heterocycles. The van der Waals surface area contributed by atoms with Gasteiger partial charge in [-0.05, 0) is 39.3 Å². The van der Waals surface area contributed by atoms with Crippen molar-refractivity contribution < 1.29 is 5.11 Å². The molecule has 0 aliphatic carbocycles. The third-order valence-electron chi connectivity index (χ3n) is 2.80. The van der Waals surface area contributed by atoms with Crippen LogP contribution in [0.4, 0.5) is 0 Å². The summed E-state index contributed by atoms with van der Waals surface area (Å²) in [6.45, 7) is 10.2. The minimum absolute atomic E-state index is 0.205. The number of nitrogens with zero attached hydrogens (tertiary/aromatic N) is 1. The maximum Gasteiger partial charge on any atom is 0.0664 e. The van der Waals surface area contributed by atoms with Crippen molar-refractivity contribution in [3.8, 4) is 0 Å². The van der Waals surface area contributed by atoms with Gasteiger partial charge in [-0.15, -0.1) is 11.3 Å². The molecule has 0 aromatic carbocycles. The Kier molecular flexibility index (Phi) is 5.46. The summed E-state index contributed by atoms with van der Waals surface area (Å²) in [5.41, 5.74) is 0. The fourth-order valence-electron chi connectivity index (χ4n) is 1.63. The zero-order valence-electron chi connectivity index (χ0n) is 10.7. The molecule has 1 aromatic heterocycles. The molecule has 1 heterocycles. The van der Waals surface area contributed by atoms with Crippen LogP contribution >= 0.6 is 11.3 Å². The second-order valence-corrected chi connectivity index (χ2v) is 5.97. The lowest BCUT2D eigenvalue weighted by molar-refractivity contribution is 0.0888. The molecule has 0 bridgehead atoms. The number of rotatable bonds is 6. The quantitative estimate of drug-likeness (QED) is 0.827. The van der Waals surface area contributed by atoms with Gasteiger partial charge >= 0.3 is 0 Å². The van der Waals surface area contributed by atoms with E-state index in [0.717, 1.165) is 19.5 Å². The molecule has 16 heavy (non-hydrogen) atoms. The van der Waals surface area contributed by atoms with E-state index in [1.54, 1.807) is 0 Å². The minimum atomic E-state index is -0.205. The van der Waals surface area contributed by atoms with Crippen LogP contribution in [0.3, 0.4) is 0 Å². The molecule has 0 saturated heterocycles. The smallest absolute Gasteiger partial charge is 0.0664 e. The SMILES string of the molecule is CC[C@@H](O)CN(Cc1ccc(C)s1)C(C)C. The summed E-state index contributed by atoms with van der Waals surface area (Å²) in [6.07, 6.45) is 0.621. The molecule has 0 spiro atoms. The Balaban J connectivity index is 2.57. The van der Waals surface area contributed by atoms with E-state index < -0.39 is 0 Å². The third kappa shape index (κ3) is 4.24. The molecule has 0 radical (unpaired) electrons. The number of thiophene rings is 1. The summed E-state index contributed by atoms with van der Waals surface area (Å²) in [5, 5.41) is 9.72. The Morgan fingerprint density at radius 1 is 1.38 bits per heavy atom. The van der Waals surface area contributed by atoms with Crippen molar-refractivity contribution in [1.82, 2.24) is 4.90 Å². The summed E-state index contributed by atoms with van der Waals surface area (Å²) < 4.78 is 0. The van der Waals surface area contributed by atoms with Crippen molar-refractivity contribution in [2.45, 2.75) is 52.8 Å². The van der Waals surface area contributed by atoms with Crippen LogP contribution in [-0.2, 0) is 6.54 Å². The van der Waals surface area contributed by atoms with Gasteiger partial charge in [0.25, 0.3) is 0 Å². The highest BCUT2D eigenvalue weighted by molar-refractivity contribution is 7.11. The minimum Gasteiger partial charge on any atom is -0.392 e. The first-order valence-corrected chi connectivity index (χ1v) is 6.82. The van der Waals surface area contributed by atoms with Crippen molar-refractivity contribution in [3.63, 3.8) is 0 Å². The second-order valence-electron chi connectivity index (χ2n) is 4.60. The molecule has 1 atom stereocenters. The van der Waals surface area contributed by atoms with Gasteiger partial charge in [0.1, 0.15) is 0 Å². The Hall–Kier alpha value is -0.380. The van der Waals surface area contributed by atoms with Gasteiger partial charge in [0, 0.05) is 28.9 Å². The predicted molar refractivity (Wildman–Crippen MR) is 70.9 cm³/mol. The molecule has 0 amide bonds. The molecule has 1 aromatic rings. The molecule has 0 fully saturated rings. The van der Waals surface area contributed by atoms with Gasteiger partial charge in [-0.2, -0.15) is 0 Å². The molecular weight excluding hydrogens is 218 g/mol. The molecule has 0 saturated carbocycles. The first kappa shape index (κ1) is 13.7. The van der Waals surface area contributed by atoms with Gasteiger partial charge in [0.2, 0.25) is 0 Å².